The molecule has 3 nitrogen and oxygen atoms in total. The average Bonchev–Trinajstić information content (AvgIpc) is 2.41. The molecule has 0 atom stereocenters. The zero-order valence-corrected chi connectivity index (χ0v) is 11.5. The molecule has 0 heterocycles. The van der Waals surface area contributed by atoms with E-state index in [9.17, 15) is 0 Å². The van der Waals surface area contributed by atoms with E-state index in [1.54, 1.807) is 0 Å². The van der Waals surface area contributed by atoms with E-state index >= 15 is 0 Å². The molecule has 0 aliphatic carbocycles. The molecule has 0 fully saturated rings. The van der Waals surface area contributed by atoms with E-state index in [1.165, 1.54) is 0 Å². The van der Waals surface area contributed by atoms with Gasteiger partial charge in [0.1, 0.15) is 5.75 Å². The SMILES string of the molecule is CN(C)c1cccc(OCCc2ccccc2N)c1. The number of hydrogen-bond acceptors (Lipinski definition) is 3. The predicted octanol–water partition coefficient (Wildman–Crippen LogP) is 2.96. The lowest BCUT2D eigenvalue weighted by Crippen LogP contribution is -2.09. The Morgan fingerprint density at radius 3 is 2.58 bits per heavy atom. The Morgan fingerprint density at radius 2 is 1.84 bits per heavy atom. The molecule has 0 spiro atoms. The van der Waals surface area contributed by atoms with Gasteiger partial charge < -0.3 is 15.4 Å². The maximum atomic E-state index is 5.90. The molecule has 0 saturated carbocycles. The van der Waals surface area contributed by atoms with Crippen LogP contribution in [0.4, 0.5) is 11.4 Å². The lowest BCUT2D eigenvalue weighted by molar-refractivity contribution is 0.322. The first-order chi connectivity index (χ1) is 9.16. The summed E-state index contributed by atoms with van der Waals surface area (Å²) in [4.78, 5) is 2.06. The number of hydrogen-bond donors (Lipinski definition) is 1. The van der Waals surface area contributed by atoms with Crippen LogP contribution in [0.3, 0.4) is 0 Å². The van der Waals surface area contributed by atoms with Crippen molar-refractivity contribution in [2.45, 2.75) is 6.42 Å². The van der Waals surface area contributed by atoms with Crippen LogP contribution in [0.25, 0.3) is 0 Å². The van der Waals surface area contributed by atoms with E-state index in [0.29, 0.717) is 6.61 Å². The number of rotatable bonds is 5. The van der Waals surface area contributed by atoms with Crippen molar-refractivity contribution in [3.8, 4) is 5.75 Å². The van der Waals surface area contributed by atoms with Crippen LogP contribution in [0, 0.1) is 0 Å². The molecule has 0 radical (unpaired) electrons. The van der Waals surface area contributed by atoms with Crippen molar-refractivity contribution in [3.05, 3.63) is 54.1 Å². The van der Waals surface area contributed by atoms with Crippen molar-refractivity contribution in [2.24, 2.45) is 0 Å². The van der Waals surface area contributed by atoms with Gasteiger partial charge in [-0.3, -0.25) is 0 Å². The third-order valence-electron chi connectivity index (χ3n) is 3.03. The van der Waals surface area contributed by atoms with Gasteiger partial charge in [0.05, 0.1) is 6.61 Å². The number of nitrogens with two attached hydrogens (primary N) is 1. The molecule has 2 aromatic rings. The maximum absolute atomic E-state index is 5.90. The molecule has 0 unspecified atom stereocenters. The Bertz CT molecular complexity index is 538. The number of benzene rings is 2. The number of anilines is 2. The van der Waals surface area contributed by atoms with E-state index in [1.807, 2.05) is 56.6 Å². The highest BCUT2D eigenvalue weighted by molar-refractivity contribution is 5.49. The van der Waals surface area contributed by atoms with Gasteiger partial charge in [0, 0.05) is 38.0 Å². The van der Waals surface area contributed by atoms with Crippen LogP contribution in [0.1, 0.15) is 5.56 Å². The van der Waals surface area contributed by atoms with Crippen molar-refractivity contribution in [2.75, 3.05) is 31.3 Å². The van der Waals surface area contributed by atoms with Gasteiger partial charge in [0.15, 0.2) is 0 Å². The lowest BCUT2D eigenvalue weighted by Gasteiger charge is -2.14. The van der Waals surface area contributed by atoms with Gasteiger partial charge in [-0.2, -0.15) is 0 Å². The molecule has 0 saturated heterocycles. The predicted molar refractivity (Wildman–Crippen MR) is 80.8 cm³/mol. The van der Waals surface area contributed by atoms with Crippen molar-refractivity contribution < 1.29 is 4.74 Å². The fourth-order valence-electron chi connectivity index (χ4n) is 1.89. The quantitative estimate of drug-likeness (QED) is 0.836. The van der Waals surface area contributed by atoms with Gasteiger partial charge in [-0.25, -0.2) is 0 Å². The van der Waals surface area contributed by atoms with Crippen LogP contribution in [0.5, 0.6) is 5.75 Å². The number of ether oxygens (including phenoxy) is 1. The summed E-state index contributed by atoms with van der Waals surface area (Å²) in [5, 5.41) is 0. The Morgan fingerprint density at radius 1 is 1.05 bits per heavy atom. The van der Waals surface area contributed by atoms with Crippen LogP contribution in [-0.4, -0.2) is 20.7 Å². The normalized spacial score (nSPS) is 10.2. The second-order valence-electron chi connectivity index (χ2n) is 4.69. The minimum atomic E-state index is 0.630. The van der Waals surface area contributed by atoms with Gasteiger partial charge in [0.2, 0.25) is 0 Å². The summed E-state index contributed by atoms with van der Waals surface area (Å²) in [5.74, 6) is 0.890. The van der Waals surface area contributed by atoms with Gasteiger partial charge in [0.25, 0.3) is 0 Å². The third-order valence-corrected chi connectivity index (χ3v) is 3.03. The largest absolute Gasteiger partial charge is 0.493 e. The summed E-state index contributed by atoms with van der Waals surface area (Å²) >= 11 is 0. The Kier molecular flexibility index (Phi) is 4.29. The second-order valence-corrected chi connectivity index (χ2v) is 4.69. The van der Waals surface area contributed by atoms with Crippen molar-refractivity contribution in [1.82, 2.24) is 0 Å². The molecular formula is C16H20N2O. The van der Waals surface area contributed by atoms with Gasteiger partial charge in [-0.05, 0) is 23.8 Å². The summed E-state index contributed by atoms with van der Waals surface area (Å²) in [5.41, 5.74) is 9.00. The number of nitrogens with zero attached hydrogens (tertiary/aromatic N) is 1. The minimum absolute atomic E-state index is 0.630. The maximum Gasteiger partial charge on any atom is 0.121 e. The number of para-hydroxylation sites is 1. The molecule has 19 heavy (non-hydrogen) atoms. The summed E-state index contributed by atoms with van der Waals surface area (Å²) in [6.45, 7) is 0.630. The smallest absolute Gasteiger partial charge is 0.121 e. The average molecular weight is 256 g/mol. The first-order valence-corrected chi connectivity index (χ1v) is 6.40. The van der Waals surface area contributed by atoms with Crippen molar-refractivity contribution in [3.63, 3.8) is 0 Å². The highest BCUT2D eigenvalue weighted by atomic mass is 16.5. The third kappa shape index (κ3) is 3.65. The molecule has 2 rings (SSSR count). The summed E-state index contributed by atoms with van der Waals surface area (Å²) in [7, 11) is 4.04. The molecule has 3 heteroatoms. The molecule has 100 valence electrons. The molecule has 0 aromatic heterocycles. The highest BCUT2D eigenvalue weighted by Crippen LogP contribution is 2.20. The Labute approximate surface area is 114 Å². The molecule has 0 amide bonds. The first kappa shape index (κ1) is 13.3. The molecule has 2 aromatic carbocycles. The van der Waals surface area contributed by atoms with Crippen molar-refractivity contribution in [1.29, 1.82) is 0 Å². The van der Waals surface area contributed by atoms with Crippen LogP contribution in [-0.2, 0) is 6.42 Å². The zero-order valence-electron chi connectivity index (χ0n) is 11.5. The number of nitrogen functional groups attached to an aromatic ring is 1. The summed E-state index contributed by atoms with van der Waals surface area (Å²) in [6, 6.07) is 16.0. The van der Waals surface area contributed by atoms with E-state index < -0.39 is 0 Å². The summed E-state index contributed by atoms with van der Waals surface area (Å²) in [6.07, 6.45) is 0.818. The van der Waals surface area contributed by atoms with Gasteiger partial charge >= 0.3 is 0 Å². The van der Waals surface area contributed by atoms with Gasteiger partial charge in [-0.1, -0.05) is 24.3 Å². The van der Waals surface area contributed by atoms with Crippen LogP contribution in [0.15, 0.2) is 48.5 Å². The molecule has 0 aliphatic rings. The Hall–Kier alpha value is -2.16. The molecule has 2 N–H and O–H groups in total. The van der Waals surface area contributed by atoms with E-state index in [2.05, 4.69) is 11.0 Å². The van der Waals surface area contributed by atoms with Crippen LogP contribution >= 0.6 is 0 Å². The minimum Gasteiger partial charge on any atom is -0.493 e. The van der Waals surface area contributed by atoms with Crippen molar-refractivity contribution >= 4 is 11.4 Å². The van der Waals surface area contributed by atoms with E-state index in [-0.39, 0.29) is 0 Å². The fraction of sp³-hybridized carbons (Fsp3) is 0.250. The zero-order chi connectivity index (χ0) is 13.7. The first-order valence-electron chi connectivity index (χ1n) is 6.40. The van der Waals surface area contributed by atoms with Gasteiger partial charge in [-0.15, -0.1) is 0 Å². The molecule has 0 aliphatic heterocycles. The summed E-state index contributed by atoms with van der Waals surface area (Å²) < 4.78 is 5.77. The second kappa shape index (κ2) is 6.14. The van der Waals surface area contributed by atoms with Crippen LogP contribution < -0.4 is 15.4 Å². The van der Waals surface area contributed by atoms with E-state index in [0.717, 1.165) is 29.1 Å². The fourth-order valence-corrected chi connectivity index (χ4v) is 1.89. The Balaban J connectivity index is 1.93. The lowest BCUT2D eigenvalue weighted by atomic mass is 10.1. The molecular weight excluding hydrogens is 236 g/mol. The highest BCUT2D eigenvalue weighted by Gasteiger charge is 2.01. The monoisotopic (exact) mass is 256 g/mol. The molecule has 0 bridgehead atoms. The topological polar surface area (TPSA) is 38.5 Å². The van der Waals surface area contributed by atoms with Crippen LogP contribution in [0.2, 0.25) is 0 Å². The standard InChI is InChI=1S/C16H20N2O/c1-18(2)14-7-5-8-15(12-14)19-11-10-13-6-3-4-9-16(13)17/h3-9,12H,10-11,17H2,1-2H3. The van der Waals surface area contributed by atoms with E-state index in [4.69, 9.17) is 10.5 Å².